The molecule has 0 N–H and O–H groups in total. The van der Waals surface area contributed by atoms with Crippen molar-refractivity contribution in [1.82, 2.24) is 0 Å². The molecule has 3 nitrogen and oxygen atoms in total. The van der Waals surface area contributed by atoms with E-state index in [0.717, 1.165) is 36.3 Å². The molecule has 166 valence electrons. The Balaban J connectivity index is 3.26. The first kappa shape index (κ1) is 25.7. The lowest BCUT2D eigenvalue weighted by molar-refractivity contribution is -0.128. The molecule has 0 amide bonds. The van der Waals surface area contributed by atoms with E-state index in [1.807, 2.05) is 40.7 Å². The molecule has 1 rings (SSSR count). The highest BCUT2D eigenvalue weighted by atomic mass is 16.5. The summed E-state index contributed by atoms with van der Waals surface area (Å²) in [6.45, 7) is 18.6. The third kappa shape index (κ3) is 6.62. The van der Waals surface area contributed by atoms with Crippen molar-refractivity contribution in [2.75, 3.05) is 13.2 Å². The molecule has 0 spiro atoms. The number of benzene rings is 1. The molecule has 0 saturated heterocycles. The summed E-state index contributed by atoms with van der Waals surface area (Å²) in [6.07, 6.45) is 10.8. The van der Waals surface area contributed by atoms with Crippen LogP contribution < -0.4 is 4.74 Å². The van der Waals surface area contributed by atoms with Crippen LogP contribution in [0.2, 0.25) is 0 Å². The SMILES string of the molecule is C=CCO/C(=C\C/C=C/C)C(CC)(CC)c1ccc(OCC(=O)C(C)(C)C)c(C)c1. The summed E-state index contributed by atoms with van der Waals surface area (Å²) in [6, 6.07) is 6.26. The molecule has 0 unspecified atom stereocenters. The first-order valence-electron chi connectivity index (χ1n) is 11.0. The average Bonchev–Trinajstić information content (AvgIpc) is 2.71. The van der Waals surface area contributed by atoms with Gasteiger partial charge in [-0.15, -0.1) is 0 Å². The van der Waals surface area contributed by atoms with Crippen LogP contribution in [-0.2, 0) is 14.9 Å². The highest BCUT2D eigenvalue weighted by molar-refractivity contribution is 5.85. The lowest BCUT2D eigenvalue weighted by Gasteiger charge is -2.35. The zero-order chi connectivity index (χ0) is 22.8. The van der Waals surface area contributed by atoms with Crippen LogP contribution >= 0.6 is 0 Å². The summed E-state index contributed by atoms with van der Waals surface area (Å²) in [7, 11) is 0. The minimum absolute atomic E-state index is 0.0906. The molecule has 3 heteroatoms. The van der Waals surface area contributed by atoms with Crippen molar-refractivity contribution in [2.24, 2.45) is 5.41 Å². The van der Waals surface area contributed by atoms with E-state index < -0.39 is 5.41 Å². The number of hydrogen-bond donors (Lipinski definition) is 0. The Hall–Kier alpha value is -2.29. The first-order valence-corrected chi connectivity index (χ1v) is 11.0. The van der Waals surface area contributed by atoms with Crippen molar-refractivity contribution in [3.8, 4) is 5.75 Å². The Labute approximate surface area is 183 Å². The van der Waals surface area contributed by atoms with Gasteiger partial charge in [0.2, 0.25) is 0 Å². The van der Waals surface area contributed by atoms with Gasteiger partial charge < -0.3 is 9.47 Å². The number of ether oxygens (including phenoxy) is 2. The minimum atomic E-state index is -0.400. The maximum Gasteiger partial charge on any atom is 0.175 e. The normalized spacial score (nSPS) is 12.8. The summed E-state index contributed by atoms with van der Waals surface area (Å²) >= 11 is 0. The van der Waals surface area contributed by atoms with Crippen LogP contribution in [0.5, 0.6) is 5.75 Å². The van der Waals surface area contributed by atoms with Gasteiger partial charge in [-0.25, -0.2) is 0 Å². The van der Waals surface area contributed by atoms with E-state index in [2.05, 4.69) is 50.8 Å². The number of Topliss-reactive ketones (excluding diaryl/α,β-unsaturated/α-hetero) is 1. The van der Waals surface area contributed by atoms with E-state index in [1.54, 1.807) is 6.08 Å². The predicted octanol–water partition coefficient (Wildman–Crippen LogP) is 7.10. The molecular weight excluding hydrogens is 372 g/mol. The molecule has 0 aromatic heterocycles. The fourth-order valence-corrected chi connectivity index (χ4v) is 3.47. The molecule has 1 aromatic rings. The van der Waals surface area contributed by atoms with Gasteiger partial charge in [-0.2, -0.15) is 0 Å². The molecule has 0 saturated carbocycles. The van der Waals surface area contributed by atoms with Crippen molar-refractivity contribution in [3.05, 3.63) is 66.0 Å². The molecule has 0 atom stereocenters. The second kappa shape index (κ2) is 11.8. The van der Waals surface area contributed by atoms with Gasteiger partial charge in [-0.05, 0) is 56.4 Å². The molecule has 1 aromatic carbocycles. The monoisotopic (exact) mass is 412 g/mol. The summed E-state index contributed by atoms with van der Waals surface area (Å²) < 4.78 is 12.0. The Morgan fingerprint density at radius 1 is 1.17 bits per heavy atom. The van der Waals surface area contributed by atoms with Gasteiger partial charge in [-0.1, -0.05) is 71.6 Å². The summed E-state index contributed by atoms with van der Waals surface area (Å²) in [5.74, 6) is 1.83. The summed E-state index contributed by atoms with van der Waals surface area (Å²) in [5.41, 5.74) is 1.62. The van der Waals surface area contributed by atoms with Gasteiger partial charge in [0, 0.05) is 5.41 Å². The molecule has 30 heavy (non-hydrogen) atoms. The van der Waals surface area contributed by atoms with Gasteiger partial charge in [0.05, 0.1) is 5.41 Å². The second-order valence-electron chi connectivity index (χ2n) is 8.70. The fourth-order valence-electron chi connectivity index (χ4n) is 3.47. The number of ketones is 1. The Morgan fingerprint density at radius 2 is 1.83 bits per heavy atom. The molecule has 0 aliphatic heterocycles. The van der Waals surface area contributed by atoms with Crippen molar-refractivity contribution in [1.29, 1.82) is 0 Å². The topological polar surface area (TPSA) is 35.5 Å². The van der Waals surface area contributed by atoms with Crippen molar-refractivity contribution < 1.29 is 14.3 Å². The van der Waals surface area contributed by atoms with Gasteiger partial charge >= 0.3 is 0 Å². The number of carbonyl (C=O) groups excluding carboxylic acids is 1. The smallest absolute Gasteiger partial charge is 0.175 e. The van der Waals surface area contributed by atoms with E-state index in [-0.39, 0.29) is 17.8 Å². The number of hydrogen-bond acceptors (Lipinski definition) is 3. The van der Waals surface area contributed by atoms with E-state index in [0.29, 0.717) is 6.61 Å². The average molecular weight is 413 g/mol. The maximum atomic E-state index is 12.2. The lowest BCUT2D eigenvalue weighted by Crippen LogP contribution is -2.29. The van der Waals surface area contributed by atoms with E-state index in [1.165, 1.54) is 5.56 Å². The van der Waals surface area contributed by atoms with Gasteiger partial charge in [0.25, 0.3) is 0 Å². The van der Waals surface area contributed by atoms with Crippen molar-refractivity contribution in [2.45, 2.75) is 73.1 Å². The maximum absolute atomic E-state index is 12.2. The first-order chi connectivity index (χ1) is 14.2. The fraction of sp³-hybridized carbons (Fsp3) is 0.519. The van der Waals surface area contributed by atoms with Crippen LogP contribution in [0.15, 0.2) is 54.8 Å². The Kier molecular flexibility index (Phi) is 10.1. The van der Waals surface area contributed by atoms with Crippen molar-refractivity contribution in [3.63, 3.8) is 0 Å². The van der Waals surface area contributed by atoms with E-state index in [4.69, 9.17) is 9.47 Å². The zero-order valence-corrected chi connectivity index (χ0v) is 20.0. The molecule has 0 bridgehead atoms. The second-order valence-corrected chi connectivity index (χ2v) is 8.70. The summed E-state index contributed by atoms with van der Waals surface area (Å²) in [5, 5.41) is 0. The van der Waals surface area contributed by atoms with Crippen LogP contribution in [0.4, 0.5) is 0 Å². The standard InChI is InChI=1S/C27H40O3/c1-9-13-14-15-25(29-18-10-2)27(11-3,12-4)22-16-17-23(21(5)19-22)30-20-24(28)26(6,7)8/h9-10,13,15-17,19H,2,11-12,14,18,20H2,1,3-8H3/b13-9+,25-15-. The minimum Gasteiger partial charge on any atom is -0.493 e. The summed E-state index contributed by atoms with van der Waals surface area (Å²) in [4.78, 5) is 12.2. The number of rotatable bonds is 12. The molecule has 0 aliphatic carbocycles. The largest absolute Gasteiger partial charge is 0.493 e. The Bertz CT molecular complexity index is 759. The molecule has 0 aliphatic rings. The third-order valence-electron chi connectivity index (χ3n) is 5.63. The molecule has 0 heterocycles. The quantitative estimate of drug-likeness (QED) is 0.271. The van der Waals surface area contributed by atoms with Crippen LogP contribution in [0, 0.1) is 12.3 Å². The molecule has 0 fully saturated rings. The van der Waals surface area contributed by atoms with Gasteiger partial charge in [-0.3, -0.25) is 4.79 Å². The number of allylic oxidation sites excluding steroid dienone is 4. The van der Waals surface area contributed by atoms with Crippen LogP contribution in [0.3, 0.4) is 0 Å². The highest BCUT2D eigenvalue weighted by Gasteiger charge is 2.35. The number of carbonyl (C=O) groups is 1. The molecular formula is C27H40O3. The highest BCUT2D eigenvalue weighted by Crippen LogP contribution is 2.41. The van der Waals surface area contributed by atoms with E-state index in [9.17, 15) is 4.79 Å². The third-order valence-corrected chi connectivity index (χ3v) is 5.63. The molecule has 0 radical (unpaired) electrons. The van der Waals surface area contributed by atoms with Crippen LogP contribution in [0.1, 0.15) is 71.9 Å². The predicted molar refractivity (Wildman–Crippen MR) is 127 cm³/mol. The van der Waals surface area contributed by atoms with Crippen LogP contribution in [-0.4, -0.2) is 19.0 Å². The van der Waals surface area contributed by atoms with Crippen LogP contribution in [0.25, 0.3) is 0 Å². The van der Waals surface area contributed by atoms with Gasteiger partial charge in [0.15, 0.2) is 5.78 Å². The van der Waals surface area contributed by atoms with E-state index >= 15 is 0 Å². The zero-order valence-electron chi connectivity index (χ0n) is 20.0. The van der Waals surface area contributed by atoms with Crippen molar-refractivity contribution >= 4 is 5.78 Å². The lowest BCUT2D eigenvalue weighted by atomic mass is 9.73. The Morgan fingerprint density at radius 3 is 2.33 bits per heavy atom. The number of aryl methyl sites for hydroxylation is 1. The van der Waals surface area contributed by atoms with Gasteiger partial charge in [0.1, 0.15) is 24.7 Å².